The third-order valence-electron chi connectivity index (χ3n) is 2.97. The zero-order chi connectivity index (χ0) is 12.4. The van der Waals surface area contributed by atoms with E-state index in [0.717, 1.165) is 22.9 Å². The molecule has 0 radical (unpaired) electrons. The Balaban J connectivity index is 2.18. The summed E-state index contributed by atoms with van der Waals surface area (Å²) in [4.78, 5) is 13.5. The lowest BCUT2D eigenvalue weighted by Gasteiger charge is -2.23. The molecule has 3 nitrogen and oxygen atoms in total. The van der Waals surface area contributed by atoms with E-state index in [9.17, 15) is 10.1 Å². The Labute approximate surface area is 109 Å². The molecule has 0 spiro atoms. The van der Waals surface area contributed by atoms with Gasteiger partial charge in [-0.1, -0.05) is 28.1 Å². The molecule has 1 unspecified atom stereocenters. The van der Waals surface area contributed by atoms with Crippen LogP contribution in [0.2, 0.25) is 0 Å². The van der Waals surface area contributed by atoms with Crippen molar-refractivity contribution in [2.45, 2.75) is 18.9 Å². The molecule has 0 aromatic heterocycles. The largest absolute Gasteiger partial charge is 0.326 e. The fraction of sp³-hybridized carbons (Fsp3) is 0.385. The Morgan fingerprint density at radius 1 is 1.47 bits per heavy atom. The molecular weight excluding hydrogens is 280 g/mol. The monoisotopic (exact) mass is 292 g/mol. The SMILES string of the molecule is CN(C(=O)C1CC1)C(C#N)c1ccc(Br)cc1. The third-order valence-corrected chi connectivity index (χ3v) is 3.50. The van der Waals surface area contributed by atoms with E-state index in [0.29, 0.717) is 0 Å². The summed E-state index contributed by atoms with van der Waals surface area (Å²) in [7, 11) is 1.70. The molecule has 1 aromatic rings. The number of nitrogens with zero attached hydrogens (tertiary/aromatic N) is 2. The van der Waals surface area contributed by atoms with Gasteiger partial charge in [0.1, 0.15) is 6.04 Å². The number of hydrogen-bond donors (Lipinski definition) is 0. The molecule has 17 heavy (non-hydrogen) atoms. The van der Waals surface area contributed by atoms with Crippen molar-refractivity contribution in [2.75, 3.05) is 7.05 Å². The van der Waals surface area contributed by atoms with Crippen LogP contribution in [0.3, 0.4) is 0 Å². The van der Waals surface area contributed by atoms with Crippen LogP contribution < -0.4 is 0 Å². The second-order valence-corrected chi connectivity index (χ2v) is 5.22. The summed E-state index contributed by atoms with van der Waals surface area (Å²) in [6.07, 6.45) is 1.92. The van der Waals surface area contributed by atoms with Crippen molar-refractivity contribution in [3.63, 3.8) is 0 Å². The molecule has 0 saturated heterocycles. The summed E-state index contributed by atoms with van der Waals surface area (Å²) < 4.78 is 0.967. The standard InChI is InChI=1S/C13H13BrN2O/c1-16(13(17)10-2-3-10)12(8-15)9-4-6-11(14)7-5-9/h4-7,10,12H,2-3H2,1H3. The van der Waals surface area contributed by atoms with E-state index in [2.05, 4.69) is 22.0 Å². The average molecular weight is 293 g/mol. The van der Waals surface area contributed by atoms with Gasteiger partial charge < -0.3 is 4.90 Å². The maximum Gasteiger partial charge on any atom is 0.226 e. The molecule has 0 heterocycles. The van der Waals surface area contributed by atoms with Gasteiger partial charge >= 0.3 is 0 Å². The van der Waals surface area contributed by atoms with Crippen LogP contribution in [-0.4, -0.2) is 17.9 Å². The summed E-state index contributed by atoms with van der Waals surface area (Å²) in [5.41, 5.74) is 0.854. The second kappa shape index (κ2) is 4.89. The van der Waals surface area contributed by atoms with E-state index >= 15 is 0 Å². The highest BCUT2D eigenvalue weighted by Gasteiger charge is 2.34. The lowest BCUT2D eigenvalue weighted by molar-refractivity contribution is -0.132. The Kier molecular flexibility index (Phi) is 3.49. The predicted octanol–water partition coefficient (Wildman–Crippen LogP) is 2.88. The Morgan fingerprint density at radius 2 is 2.06 bits per heavy atom. The highest BCUT2D eigenvalue weighted by molar-refractivity contribution is 9.10. The van der Waals surface area contributed by atoms with Gasteiger partial charge in [0.05, 0.1) is 6.07 Å². The summed E-state index contributed by atoms with van der Waals surface area (Å²) in [6, 6.07) is 9.21. The van der Waals surface area contributed by atoms with Crippen molar-refractivity contribution in [3.8, 4) is 6.07 Å². The number of benzene rings is 1. The highest BCUT2D eigenvalue weighted by atomic mass is 79.9. The Bertz CT molecular complexity index is 459. The minimum absolute atomic E-state index is 0.0828. The van der Waals surface area contributed by atoms with Gasteiger partial charge in [0.15, 0.2) is 0 Å². The molecule has 1 aromatic carbocycles. The van der Waals surface area contributed by atoms with Gasteiger partial charge in [-0.05, 0) is 30.5 Å². The van der Waals surface area contributed by atoms with Crippen LogP contribution in [0.1, 0.15) is 24.4 Å². The molecule has 0 aliphatic heterocycles. The predicted molar refractivity (Wildman–Crippen MR) is 68.0 cm³/mol. The van der Waals surface area contributed by atoms with Crippen LogP contribution in [0.25, 0.3) is 0 Å². The number of carbonyl (C=O) groups is 1. The molecule has 2 rings (SSSR count). The molecular formula is C13H13BrN2O. The van der Waals surface area contributed by atoms with Crippen molar-refractivity contribution in [3.05, 3.63) is 34.3 Å². The zero-order valence-corrected chi connectivity index (χ0v) is 11.1. The van der Waals surface area contributed by atoms with E-state index < -0.39 is 6.04 Å². The average Bonchev–Trinajstić information content (AvgIpc) is 3.15. The lowest BCUT2D eigenvalue weighted by atomic mass is 10.1. The van der Waals surface area contributed by atoms with Gasteiger partial charge in [0.2, 0.25) is 5.91 Å². The first-order valence-electron chi connectivity index (χ1n) is 5.55. The Hall–Kier alpha value is -1.34. The Morgan fingerprint density at radius 3 is 2.53 bits per heavy atom. The summed E-state index contributed by atoms with van der Waals surface area (Å²) in [6.45, 7) is 0. The number of amides is 1. The van der Waals surface area contributed by atoms with E-state index in [1.165, 1.54) is 0 Å². The fourth-order valence-corrected chi connectivity index (χ4v) is 2.04. The van der Waals surface area contributed by atoms with E-state index in [1.807, 2.05) is 24.3 Å². The normalized spacial score (nSPS) is 16.1. The van der Waals surface area contributed by atoms with Crippen molar-refractivity contribution >= 4 is 21.8 Å². The van der Waals surface area contributed by atoms with Crippen LogP contribution >= 0.6 is 15.9 Å². The molecule has 0 bridgehead atoms. The molecule has 1 amide bonds. The maximum absolute atomic E-state index is 11.9. The minimum atomic E-state index is -0.490. The number of halogens is 1. The zero-order valence-electron chi connectivity index (χ0n) is 9.56. The van der Waals surface area contributed by atoms with Crippen LogP contribution in [0.4, 0.5) is 0 Å². The van der Waals surface area contributed by atoms with Gasteiger partial charge in [-0.2, -0.15) is 5.26 Å². The van der Waals surface area contributed by atoms with Crippen LogP contribution in [-0.2, 0) is 4.79 Å². The van der Waals surface area contributed by atoms with Gasteiger partial charge in [-0.25, -0.2) is 0 Å². The summed E-state index contributed by atoms with van der Waals surface area (Å²) in [5.74, 6) is 0.228. The number of carbonyl (C=O) groups excluding carboxylic acids is 1. The number of hydrogen-bond acceptors (Lipinski definition) is 2. The molecule has 1 atom stereocenters. The third kappa shape index (κ3) is 2.67. The maximum atomic E-state index is 11.9. The summed E-state index contributed by atoms with van der Waals surface area (Å²) in [5, 5.41) is 9.21. The smallest absolute Gasteiger partial charge is 0.226 e. The molecule has 1 saturated carbocycles. The van der Waals surface area contributed by atoms with Gasteiger partial charge in [-0.15, -0.1) is 0 Å². The lowest BCUT2D eigenvalue weighted by Crippen LogP contribution is -2.31. The van der Waals surface area contributed by atoms with Crippen molar-refractivity contribution < 1.29 is 4.79 Å². The highest BCUT2D eigenvalue weighted by Crippen LogP contribution is 2.33. The summed E-state index contributed by atoms with van der Waals surface area (Å²) >= 11 is 3.35. The number of rotatable bonds is 3. The topological polar surface area (TPSA) is 44.1 Å². The van der Waals surface area contributed by atoms with Crippen LogP contribution in [0.5, 0.6) is 0 Å². The molecule has 1 aliphatic carbocycles. The van der Waals surface area contributed by atoms with Crippen LogP contribution in [0, 0.1) is 17.2 Å². The van der Waals surface area contributed by atoms with E-state index in [4.69, 9.17) is 0 Å². The van der Waals surface area contributed by atoms with Gasteiger partial charge in [-0.3, -0.25) is 4.79 Å². The molecule has 88 valence electrons. The first kappa shape index (κ1) is 12.1. The van der Waals surface area contributed by atoms with Gasteiger partial charge in [0, 0.05) is 17.4 Å². The van der Waals surface area contributed by atoms with Crippen LogP contribution in [0.15, 0.2) is 28.7 Å². The van der Waals surface area contributed by atoms with Crippen molar-refractivity contribution in [1.82, 2.24) is 4.90 Å². The first-order valence-corrected chi connectivity index (χ1v) is 6.34. The number of nitriles is 1. The molecule has 1 fully saturated rings. The van der Waals surface area contributed by atoms with Gasteiger partial charge in [0.25, 0.3) is 0 Å². The van der Waals surface area contributed by atoms with Crippen molar-refractivity contribution in [1.29, 1.82) is 5.26 Å². The molecule has 1 aliphatic rings. The molecule has 4 heteroatoms. The van der Waals surface area contributed by atoms with Crippen molar-refractivity contribution in [2.24, 2.45) is 5.92 Å². The van der Waals surface area contributed by atoms with E-state index in [1.54, 1.807) is 11.9 Å². The second-order valence-electron chi connectivity index (χ2n) is 4.31. The minimum Gasteiger partial charge on any atom is -0.326 e. The first-order chi connectivity index (χ1) is 8.13. The molecule has 0 N–H and O–H groups in total. The quantitative estimate of drug-likeness (QED) is 0.860. The van der Waals surface area contributed by atoms with E-state index in [-0.39, 0.29) is 11.8 Å². The fourth-order valence-electron chi connectivity index (χ4n) is 1.78.